The molecule has 6 atom stereocenters. The van der Waals surface area contributed by atoms with Crippen LogP contribution in [0.1, 0.15) is 45.4 Å². The summed E-state index contributed by atoms with van der Waals surface area (Å²) in [6.45, 7) is 3.63. The van der Waals surface area contributed by atoms with Gasteiger partial charge in [-0.3, -0.25) is 9.69 Å². The molecule has 21 heavy (non-hydrogen) atoms. The van der Waals surface area contributed by atoms with Crippen molar-refractivity contribution in [2.24, 2.45) is 11.8 Å². The topological polar surface area (TPSA) is 81.0 Å². The van der Waals surface area contributed by atoms with Gasteiger partial charge in [0, 0.05) is 12.3 Å². The summed E-state index contributed by atoms with van der Waals surface area (Å²) < 4.78 is 0. The molecule has 0 aromatic carbocycles. The Morgan fingerprint density at radius 1 is 1.19 bits per heavy atom. The van der Waals surface area contributed by atoms with Crippen LogP contribution in [0.5, 0.6) is 0 Å². The fraction of sp³-hybridized carbons (Fsp3) is 0.938. The van der Waals surface area contributed by atoms with E-state index in [-0.39, 0.29) is 18.1 Å². The van der Waals surface area contributed by atoms with Crippen molar-refractivity contribution in [2.75, 3.05) is 13.1 Å². The predicted octanol–water partition coefficient (Wildman–Crippen LogP) is 0.0667. The monoisotopic (exact) mass is 295 g/mol. The number of hydrogen-bond acceptors (Lipinski definition) is 5. The summed E-state index contributed by atoms with van der Waals surface area (Å²) in [6, 6.07) is 0. The summed E-state index contributed by atoms with van der Waals surface area (Å²) in [6.07, 6.45) is 2.63. The van der Waals surface area contributed by atoms with E-state index in [1.165, 1.54) is 0 Å². The highest BCUT2D eigenvalue weighted by Crippen LogP contribution is 2.62. The van der Waals surface area contributed by atoms with Crippen LogP contribution < -0.4 is 0 Å². The third kappa shape index (κ3) is 1.35. The molecule has 0 aromatic rings. The molecule has 118 valence electrons. The lowest BCUT2D eigenvalue weighted by atomic mass is 9.43. The normalized spacial score (nSPS) is 57.0. The Bertz CT molecular complexity index is 495. The second-order valence-electron chi connectivity index (χ2n) is 7.74. The van der Waals surface area contributed by atoms with Gasteiger partial charge in [0.05, 0.1) is 17.2 Å². The third-order valence-electron chi connectivity index (χ3n) is 6.99. The number of nitrogens with zero attached hydrogens (tertiary/aromatic N) is 1. The minimum absolute atomic E-state index is 0.00593. The summed E-state index contributed by atoms with van der Waals surface area (Å²) in [5.74, 6) is -0.613. The number of aliphatic hydroxyl groups excluding tert-OH is 1. The Labute approximate surface area is 124 Å². The number of carbonyl (C=O) groups excluding carboxylic acids is 1. The maximum atomic E-state index is 12.7. The SMILES string of the molecule is C[C@H]1C[C@]23N4CCC[C@]2(O)C(=O)C[C@H]([C@@H]1O)[C@@]3(O)CCC4. The van der Waals surface area contributed by atoms with Crippen molar-refractivity contribution in [3.63, 3.8) is 0 Å². The molecule has 2 saturated heterocycles. The number of ketones is 1. The van der Waals surface area contributed by atoms with Crippen LogP contribution in [0.25, 0.3) is 0 Å². The van der Waals surface area contributed by atoms with Crippen LogP contribution in [-0.2, 0) is 4.79 Å². The first-order valence-corrected chi connectivity index (χ1v) is 8.28. The number of aliphatic hydroxyl groups is 3. The van der Waals surface area contributed by atoms with Crippen LogP contribution in [0.4, 0.5) is 0 Å². The van der Waals surface area contributed by atoms with Gasteiger partial charge in [0.2, 0.25) is 0 Å². The molecule has 4 rings (SSSR count). The van der Waals surface area contributed by atoms with Gasteiger partial charge in [-0.2, -0.15) is 0 Å². The van der Waals surface area contributed by atoms with Gasteiger partial charge < -0.3 is 15.3 Å². The number of carbonyl (C=O) groups is 1. The highest BCUT2D eigenvalue weighted by Gasteiger charge is 2.77. The van der Waals surface area contributed by atoms with Gasteiger partial charge in [0.25, 0.3) is 0 Å². The quantitative estimate of drug-likeness (QED) is 0.589. The van der Waals surface area contributed by atoms with E-state index < -0.39 is 28.8 Å². The van der Waals surface area contributed by atoms with E-state index in [9.17, 15) is 20.1 Å². The molecule has 0 aromatic heterocycles. The van der Waals surface area contributed by atoms with Gasteiger partial charge in [-0.25, -0.2) is 0 Å². The van der Waals surface area contributed by atoms with Crippen molar-refractivity contribution in [3.8, 4) is 0 Å². The van der Waals surface area contributed by atoms with Crippen LogP contribution in [0, 0.1) is 11.8 Å². The van der Waals surface area contributed by atoms with E-state index in [4.69, 9.17) is 0 Å². The molecule has 5 nitrogen and oxygen atoms in total. The smallest absolute Gasteiger partial charge is 0.166 e. The molecule has 4 fully saturated rings. The molecule has 2 bridgehead atoms. The van der Waals surface area contributed by atoms with E-state index >= 15 is 0 Å². The van der Waals surface area contributed by atoms with Crippen molar-refractivity contribution >= 4 is 5.78 Å². The van der Waals surface area contributed by atoms with Crippen molar-refractivity contribution in [1.29, 1.82) is 0 Å². The Morgan fingerprint density at radius 3 is 2.57 bits per heavy atom. The predicted molar refractivity (Wildman–Crippen MR) is 75.6 cm³/mol. The van der Waals surface area contributed by atoms with Crippen molar-refractivity contribution in [3.05, 3.63) is 0 Å². The second-order valence-corrected chi connectivity index (χ2v) is 7.74. The largest absolute Gasteiger partial charge is 0.392 e. The van der Waals surface area contributed by atoms with E-state index in [0.717, 1.165) is 25.9 Å². The van der Waals surface area contributed by atoms with Gasteiger partial charge in [-0.05, 0) is 51.1 Å². The van der Waals surface area contributed by atoms with E-state index in [2.05, 4.69) is 4.90 Å². The van der Waals surface area contributed by atoms with Gasteiger partial charge >= 0.3 is 0 Å². The average Bonchev–Trinajstić information content (AvgIpc) is 2.43. The first-order valence-electron chi connectivity index (χ1n) is 8.28. The molecule has 0 unspecified atom stereocenters. The van der Waals surface area contributed by atoms with E-state index in [1.807, 2.05) is 6.92 Å². The van der Waals surface area contributed by atoms with Gasteiger partial charge in [-0.1, -0.05) is 6.92 Å². The molecule has 2 aliphatic heterocycles. The van der Waals surface area contributed by atoms with E-state index in [1.54, 1.807) is 0 Å². The summed E-state index contributed by atoms with van der Waals surface area (Å²) in [5.41, 5.74) is -3.46. The van der Waals surface area contributed by atoms with Crippen LogP contribution in [-0.4, -0.2) is 61.9 Å². The molecule has 0 radical (unpaired) electrons. The minimum Gasteiger partial charge on any atom is -0.392 e. The lowest BCUT2D eigenvalue weighted by molar-refractivity contribution is -0.309. The molecule has 3 N–H and O–H groups in total. The zero-order chi connectivity index (χ0) is 15.0. The van der Waals surface area contributed by atoms with Crippen LogP contribution in [0.15, 0.2) is 0 Å². The Morgan fingerprint density at radius 2 is 1.86 bits per heavy atom. The zero-order valence-electron chi connectivity index (χ0n) is 12.6. The van der Waals surface area contributed by atoms with Crippen molar-refractivity contribution in [1.82, 2.24) is 4.90 Å². The maximum absolute atomic E-state index is 12.7. The molecule has 5 heteroatoms. The van der Waals surface area contributed by atoms with Gasteiger partial charge in [-0.15, -0.1) is 0 Å². The first kappa shape index (κ1) is 14.1. The molecule has 2 heterocycles. The highest BCUT2D eigenvalue weighted by molar-refractivity contribution is 5.91. The van der Waals surface area contributed by atoms with Crippen molar-refractivity contribution < 1.29 is 20.1 Å². The molecule has 0 amide bonds. The fourth-order valence-corrected chi connectivity index (χ4v) is 6.13. The molecule has 4 aliphatic rings. The molecule has 2 saturated carbocycles. The van der Waals surface area contributed by atoms with Crippen molar-refractivity contribution in [2.45, 2.75) is 68.3 Å². The summed E-state index contributed by atoms with van der Waals surface area (Å²) in [4.78, 5) is 14.9. The number of piperidine rings is 2. The molecule has 1 spiro atoms. The molecular weight excluding hydrogens is 270 g/mol. The lowest BCUT2D eigenvalue weighted by Gasteiger charge is -2.72. The van der Waals surface area contributed by atoms with Gasteiger partial charge in [0.15, 0.2) is 5.78 Å². The second kappa shape index (κ2) is 4.07. The number of hydrogen-bond donors (Lipinski definition) is 3. The number of rotatable bonds is 0. The Balaban J connectivity index is 1.96. The highest BCUT2D eigenvalue weighted by atomic mass is 16.3. The maximum Gasteiger partial charge on any atom is 0.166 e. The lowest BCUT2D eigenvalue weighted by Crippen LogP contribution is -2.88. The van der Waals surface area contributed by atoms with Crippen LogP contribution in [0.2, 0.25) is 0 Å². The third-order valence-corrected chi connectivity index (χ3v) is 6.99. The standard InChI is InChI=1S/C16H25NO4/c1-10-9-16-14(20)4-2-6-17(16)7-3-5-15(16,21)12(18)8-11(14)13(10)19/h10-11,13,19-21H,2-9H2,1H3/t10-,11+,13+,14-,15-,16+/m0/s1. The summed E-state index contributed by atoms with van der Waals surface area (Å²) >= 11 is 0. The summed E-state index contributed by atoms with van der Waals surface area (Å²) in [5, 5.41) is 33.4. The molecular formula is C16H25NO4. The molecule has 2 aliphatic carbocycles. The van der Waals surface area contributed by atoms with Gasteiger partial charge in [0.1, 0.15) is 5.60 Å². The fourth-order valence-electron chi connectivity index (χ4n) is 6.13. The Kier molecular flexibility index (Phi) is 2.74. The minimum atomic E-state index is -1.44. The van der Waals surface area contributed by atoms with Crippen LogP contribution >= 0.6 is 0 Å². The van der Waals surface area contributed by atoms with E-state index in [0.29, 0.717) is 19.3 Å². The first-order chi connectivity index (χ1) is 9.87. The zero-order valence-corrected chi connectivity index (χ0v) is 12.6. The number of Topliss-reactive ketones (excluding diaryl/α,β-unsaturated/α-hetero) is 1. The Hall–Kier alpha value is -0.490. The average molecular weight is 295 g/mol. The summed E-state index contributed by atoms with van der Waals surface area (Å²) in [7, 11) is 0. The van der Waals surface area contributed by atoms with Crippen LogP contribution in [0.3, 0.4) is 0 Å².